The molecule has 0 aromatic carbocycles. The van der Waals surface area contributed by atoms with Gasteiger partial charge in [-0.25, -0.2) is 0 Å². The van der Waals surface area contributed by atoms with Crippen molar-refractivity contribution in [2.75, 3.05) is 6.61 Å². The van der Waals surface area contributed by atoms with Crippen molar-refractivity contribution in [2.24, 2.45) is 0 Å². The van der Waals surface area contributed by atoms with Gasteiger partial charge in [-0.15, -0.1) is 0 Å². The van der Waals surface area contributed by atoms with E-state index in [2.05, 4.69) is 74.7 Å². The highest BCUT2D eigenvalue weighted by Gasteiger charge is 2.24. The van der Waals surface area contributed by atoms with E-state index in [-0.39, 0.29) is 24.9 Å². The molecule has 0 aromatic rings. The molecule has 0 saturated heterocycles. The van der Waals surface area contributed by atoms with Gasteiger partial charge in [0.2, 0.25) is 5.91 Å². The third-order valence-corrected chi connectivity index (χ3v) is 12.9. The van der Waals surface area contributed by atoms with Crippen molar-refractivity contribution in [3.8, 4) is 0 Å². The highest BCUT2D eigenvalue weighted by molar-refractivity contribution is 5.77. The fourth-order valence-corrected chi connectivity index (χ4v) is 8.57. The van der Waals surface area contributed by atoms with Crippen LogP contribution in [0, 0.1) is 0 Å². The van der Waals surface area contributed by atoms with Crippen LogP contribution in [0.25, 0.3) is 0 Å². The van der Waals surface area contributed by atoms with Gasteiger partial charge in [-0.05, 0) is 83.5 Å². The molecule has 65 heavy (non-hydrogen) atoms. The minimum atomic E-state index is -0.795. The van der Waals surface area contributed by atoms with E-state index in [0.717, 1.165) is 89.9 Å². The lowest BCUT2D eigenvalue weighted by Gasteiger charge is -2.24. The maximum absolute atomic E-state index is 13.2. The van der Waals surface area contributed by atoms with Gasteiger partial charge < -0.3 is 20.3 Å². The second-order valence-electron chi connectivity index (χ2n) is 19.4. The van der Waals surface area contributed by atoms with Crippen LogP contribution in [0.15, 0.2) is 48.6 Å². The van der Waals surface area contributed by atoms with Gasteiger partial charge in [0, 0.05) is 6.42 Å². The van der Waals surface area contributed by atoms with Gasteiger partial charge in [0.15, 0.2) is 0 Å². The Morgan fingerprint density at radius 3 is 1.29 bits per heavy atom. The third kappa shape index (κ3) is 48.1. The molecule has 0 spiro atoms. The SMILES string of the molecule is CCCCC/C=C\C/C=C\CCCCCCCCCC(=O)OC(CCCCCC/C=C/C=C/CCCCC)CC(=O)NC(CO)C(O)CCCCCCCCCCCCCCCCCC. The predicted molar refractivity (Wildman–Crippen MR) is 282 cm³/mol. The van der Waals surface area contributed by atoms with Crippen LogP contribution in [0.2, 0.25) is 0 Å². The predicted octanol–water partition coefficient (Wildman–Crippen LogP) is 17.4. The number of carbonyl (C=O) groups excluding carboxylic acids is 2. The molecular formula is C59H109NO5. The second-order valence-corrected chi connectivity index (χ2v) is 19.4. The Kier molecular flexibility index (Phi) is 51.0. The van der Waals surface area contributed by atoms with Crippen molar-refractivity contribution in [1.29, 1.82) is 0 Å². The zero-order valence-corrected chi connectivity index (χ0v) is 43.4. The van der Waals surface area contributed by atoms with Crippen LogP contribution in [-0.4, -0.2) is 46.9 Å². The van der Waals surface area contributed by atoms with E-state index in [1.165, 1.54) is 154 Å². The first-order chi connectivity index (χ1) is 32.0. The Morgan fingerprint density at radius 1 is 0.462 bits per heavy atom. The third-order valence-electron chi connectivity index (χ3n) is 12.9. The Morgan fingerprint density at radius 2 is 0.831 bits per heavy atom. The van der Waals surface area contributed by atoms with E-state index in [0.29, 0.717) is 19.3 Å². The number of aliphatic hydroxyl groups excluding tert-OH is 2. The minimum Gasteiger partial charge on any atom is -0.462 e. The molecule has 1 amide bonds. The summed E-state index contributed by atoms with van der Waals surface area (Å²) in [7, 11) is 0. The molecule has 0 fully saturated rings. The number of rotatable bonds is 51. The number of amides is 1. The number of hydrogen-bond donors (Lipinski definition) is 3. The van der Waals surface area contributed by atoms with Crippen molar-refractivity contribution in [3.05, 3.63) is 48.6 Å². The standard InChI is InChI=1S/C59H109NO5/c1-4-7-10-13-16-19-22-25-27-29-31-34-37-40-43-46-49-52-59(64)65-55(50-47-44-41-38-35-32-24-21-18-15-12-9-6-3)53-58(63)60-56(54-61)57(62)51-48-45-42-39-36-33-30-28-26-23-20-17-14-11-8-5-2/h16,18-19,21,24-25,27,32,55-57,61-62H,4-15,17,20,22-23,26,28-31,33-54H2,1-3H3,(H,60,63)/b19-16-,21-18+,27-25-,32-24+. The van der Waals surface area contributed by atoms with Crippen LogP contribution >= 0.6 is 0 Å². The molecule has 3 N–H and O–H groups in total. The lowest BCUT2D eigenvalue weighted by molar-refractivity contribution is -0.151. The van der Waals surface area contributed by atoms with Crippen molar-refractivity contribution >= 4 is 11.9 Å². The van der Waals surface area contributed by atoms with Gasteiger partial charge in [-0.1, -0.05) is 243 Å². The summed E-state index contributed by atoms with van der Waals surface area (Å²) in [6.45, 7) is 6.45. The highest BCUT2D eigenvalue weighted by atomic mass is 16.5. The normalized spacial score (nSPS) is 13.5. The lowest BCUT2D eigenvalue weighted by atomic mass is 10.0. The summed E-state index contributed by atoms with van der Waals surface area (Å²) in [4.78, 5) is 26.2. The number of nitrogens with one attached hydrogen (secondary N) is 1. The molecule has 0 saturated carbocycles. The summed E-state index contributed by atoms with van der Waals surface area (Å²) in [6.07, 6.45) is 64.6. The van der Waals surface area contributed by atoms with Gasteiger partial charge in [-0.2, -0.15) is 0 Å². The summed E-state index contributed by atoms with van der Waals surface area (Å²) in [5.41, 5.74) is 0. The van der Waals surface area contributed by atoms with Crippen LogP contribution in [0.3, 0.4) is 0 Å². The molecule has 0 heterocycles. The average molecular weight is 913 g/mol. The number of esters is 1. The van der Waals surface area contributed by atoms with Crippen molar-refractivity contribution in [2.45, 2.75) is 309 Å². The summed E-state index contributed by atoms with van der Waals surface area (Å²) in [6, 6.07) is -0.710. The first-order valence-corrected chi connectivity index (χ1v) is 28.4. The van der Waals surface area contributed by atoms with E-state index in [9.17, 15) is 19.8 Å². The highest BCUT2D eigenvalue weighted by Crippen LogP contribution is 2.18. The van der Waals surface area contributed by atoms with Crippen LogP contribution in [0.4, 0.5) is 0 Å². The van der Waals surface area contributed by atoms with Crippen molar-refractivity contribution < 1.29 is 24.5 Å². The summed E-state index contributed by atoms with van der Waals surface area (Å²) >= 11 is 0. The number of allylic oxidation sites excluding steroid dienone is 8. The number of aliphatic hydroxyl groups is 2. The van der Waals surface area contributed by atoms with E-state index in [4.69, 9.17) is 4.74 Å². The molecule has 0 rings (SSSR count). The molecule has 0 aliphatic rings. The Bertz CT molecular complexity index is 1110. The molecular weight excluding hydrogens is 803 g/mol. The monoisotopic (exact) mass is 912 g/mol. The van der Waals surface area contributed by atoms with Gasteiger partial charge >= 0.3 is 5.97 Å². The van der Waals surface area contributed by atoms with Gasteiger partial charge in [0.05, 0.1) is 25.2 Å². The van der Waals surface area contributed by atoms with Crippen LogP contribution in [0.5, 0.6) is 0 Å². The molecule has 3 atom stereocenters. The number of unbranched alkanes of at least 4 members (excludes halogenated alkanes) is 32. The molecule has 3 unspecified atom stereocenters. The van der Waals surface area contributed by atoms with Crippen LogP contribution in [-0.2, 0) is 14.3 Å². The molecule has 0 aliphatic carbocycles. The van der Waals surface area contributed by atoms with E-state index >= 15 is 0 Å². The molecule has 0 aliphatic heterocycles. The zero-order valence-electron chi connectivity index (χ0n) is 43.4. The first kappa shape index (κ1) is 62.8. The molecule has 6 heteroatoms. The Labute approximate surface area is 404 Å². The lowest BCUT2D eigenvalue weighted by Crippen LogP contribution is -2.46. The number of hydrogen-bond acceptors (Lipinski definition) is 5. The summed E-state index contributed by atoms with van der Waals surface area (Å²) < 4.78 is 5.94. The Hall–Kier alpha value is -2.18. The van der Waals surface area contributed by atoms with Gasteiger partial charge in [0.25, 0.3) is 0 Å². The summed E-state index contributed by atoms with van der Waals surface area (Å²) in [5, 5.41) is 23.9. The summed E-state index contributed by atoms with van der Waals surface area (Å²) in [5.74, 6) is -0.494. The Balaban J connectivity index is 4.54. The maximum Gasteiger partial charge on any atom is 0.306 e. The molecule has 6 nitrogen and oxygen atoms in total. The van der Waals surface area contributed by atoms with Gasteiger partial charge in [0.1, 0.15) is 6.10 Å². The largest absolute Gasteiger partial charge is 0.462 e. The van der Waals surface area contributed by atoms with E-state index < -0.39 is 18.2 Å². The number of carbonyl (C=O) groups is 2. The fourth-order valence-electron chi connectivity index (χ4n) is 8.57. The number of ether oxygens (including phenoxy) is 1. The van der Waals surface area contributed by atoms with Gasteiger partial charge in [-0.3, -0.25) is 9.59 Å². The van der Waals surface area contributed by atoms with Crippen molar-refractivity contribution in [1.82, 2.24) is 5.32 Å². The van der Waals surface area contributed by atoms with E-state index in [1.807, 2.05) is 0 Å². The van der Waals surface area contributed by atoms with Crippen LogP contribution < -0.4 is 5.32 Å². The zero-order chi connectivity index (χ0) is 47.4. The second kappa shape index (κ2) is 52.8. The molecule has 0 aromatic heterocycles. The fraction of sp³-hybridized carbons (Fsp3) is 0.831. The average Bonchev–Trinajstić information content (AvgIpc) is 3.30. The first-order valence-electron chi connectivity index (χ1n) is 28.4. The molecule has 380 valence electrons. The smallest absolute Gasteiger partial charge is 0.306 e. The quantitative estimate of drug-likeness (QED) is 0.0245. The molecule has 0 bridgehead atoms. The van der Waals surface area contributed by atoms with Crippen LogP contribution in [0.1, 0.15) is 290 Å². The maximum atomic E-state index is 13.2. The minimum absolute atomic E-state index is 0.0618. The molecule has 0 radical (unpaired) electrons. The van der Waals surface area contributed by atoms with E-state index in [1.54, 1.807) is 0 Å². The topological polar surface area (TPSA) is 95.9 Å². The van der Waals surface area contributed by atoms with Crippen molar-refractivity contribution in [3.63, 3.8) is 0 Å².